The number of benzene rings is 7. The largest absolute Gasteiger partial charge is 0.254 e. The summed E-state index contributed by atoms with van der Waals surface area (Å²) in [7, 11) is 0. The van der Waals surface area contributed by atoms with Crippen LogP contribution < -0.4 is 0 Å². The highest BCUT2D eigenvalue weighted by Gasteiger charge is 2.16. The number of hydrogen-bond donors (Lipinski definition) is 0. The molecule has 0 atom stereocenters. The van der Waals surface area contributed by atoms with Gasteiger partial charge in [0.25, 0.3) is 0 Å². The minimum absolute atomic E-state index is 0.633. The highest BCUT2D eigenvalue weighted by molar-refractivity contribution is 6.05. The fourth-order valence-corrected chi connectivity index (χ4v) is 7.23. The number of rotatable bonds is 6. The normalized spacial score (nSPS) is 11.3. The fourth-order valence-electron chi connectivity index (χ4n) is 7.23. The number of aromatic nitrogens is 5. The van der Waals surface area contributed by atoms with Crippen molar-refractivity contribution in [2.75, 3.05) is 0 Å². The minimum atomic E-state index is 0.633. The van der Waals surface area contributed by atoms with E-state index in [0.29, 0.717) is 17.5 Å². The Morgan fingerprint density at radius 1 is 0.278 bits per heavy atom. The molecule has 0 fully saturated rings. The molecule has 5 heteroatoms. The maximum atomic E-state index is 5.11. The van der Waals surface area contributed by atoms with Crippen LogP contribution >= 0.6 is 0 Å². The molecule has 10 rings (SSSR count). The molecule has 7 aromatic carbocycles. The van der Waals surface area contributed by atoms with Crippen LogP contribution in [0.5, 0.6) is 0 Å². The van der Waals surface area contributed by atoms with E-state index >= 15 is 0 Å². The van der Waals surface area contributed by atoms with Crippen molar-refractivity contribution in [3.05, 3.63) is 188 Å². The summed E-state index contributed by atoms with van der Waals surface area (Å²) in [5.41, 5.74) is 11.2. The first-order valence-electron chi connectivity index (χ1n) is 18.0. The number of hydrogen-bond acceptors (Lipinski definition) is 5. The summed E-state index contributed by atoms with van der Waals surface area (Å²) in [6.45, 7) is 0. The number of pyridine rings is 2. The van der Waals surface area contributed by atoms with E-state index < -0.39 is 0 Å². The van der Waals surface area contributed by atoms with Crippen LogP contribution in [0.25, 0.3) is 100 Å². The van der Waals surface area contributed by atoms with E-state index in [2.05, 4.69) is 145 Å². The first-order chi connectivity index (χ1) is 26.7. The van der Waals surface area contributed by atoms with Gasteiger partial charge in [0, 0.05) is 39.2 Å². The van der Waals surface area contributed by atoms with Crippen LogP contribution in [0.3, 0.4) is 0 Å². The second-order valence-electron chi connectivity index (χ2n) is 13.3. The SMILES string of the molecule is c1ccc(-c2ccc(-c3nc(-c4ccccc4)nc(-c4ccc(-c5ccc(-c6ccc7ccc8cccnc8c7n6)cc5)c5ccccc45)n3)cc2)cc1. The van der Waals surface area contributed by atoms with Crippen molar-refractivity contribution in [2.45, 2.75) is 0 Å². The maximum absolute atomic E-state index is 5.11. The minimum Gasteiger partial charge on any atom is -0.254 e. The summed E-state index contributed by atoms with van der Waals surface area (Å²) < 4.78 is 0. The standard InChI is InChI=1S/C49H31N5/c1-3-10-32(11-4-1)33-17-25-39(26-18-33)48-52-47(38-12-5-2-6-13-38)53-49(54-48)43-29-28-40(41-15-7-8-16-42(41)43)34-19-21-35(22-20-34)44-30-27-37-24-23-36-14-9-31-50-45(36)46(37)51-44/h1-31H. The van der Waals surface area contributed by atoms with Crippen molar-refractivity contribution in [1.82, 2.24) is 24.9 Å². The number of fused-ring (bicyclic) bond motifs is 4. The van der Waals surface area contributed by atoms with Gasteiger partial charge in [-0.3, -0.25) is 4.98 Å². The van der Waals surface area contributed by atoms with Crippen LogP contribution in [0.2, 0.25) is 0 Å². The lowest BCUT2D eigenvalue weighted by molar-refractivity contribution is 1.08. The van der Waals surface area contributed by atoms with Gasteiger partial charge >= 0.3 is 0 Å². The van der Waals surface area contributed by atoms with Gasteiger partial charge in [0.05, 0.1) is 16.7 Å². The molecular formula is C49H31N5. The average Bonchev–Trinajstić information content (AvgIpc) is 3.26. The highest BCUT2D eigenvalue weighted by atomic mass is 15.0. The molecule has 252 valence electrons. The van der Waals surface area contributed by atoms with E-state index in [1.54, 1.807) is 0 Å². The summed E-state index contributed by atoms with van der Waals surface area (Å²) in [5.74, 6) is 1.90. The van der Waals surface area contributed by atoms with E-state index in [-0.39, 0.29) is 0 Å². The molecule has 0 N–H and O–H groups in total. The summed E-state index contributed by atoms with van der Waals surface area (Å²) in [5, 5.41) is 4.36. The average molecular weight is 690 g/mol. The second kappa shape index (κ2) is 13.3. The van der Waals surface area contributed by atoms with Crippen molar-refractivity contribution in [3.63, 3.8) is 0 Å². The van der Waals surface area contributed by atoms with E-state index in [4.69, 9.17) is 19.9 Å². The monoisotopic (exact) mass is 689 g/mol. The molecule has 0 aliphatic rings. The molecule has 0 amide bonds. The van der Waals surface area contributed by atoms with Crippen LogP contribution in [-0.4, -0.2) is 24.9 Å². The molecule has 3 aromatic heterocycles. The van der Waals surface area contributed by atoms with Gasteiger partial charge in [-0.25, -0.2) is 19.9 Å². The Morgan fingerprint density at radius 2 is 0.778 bits per heavy atom. The Hall–Kier alpha value is -7.37. The summed E-state index contributed by atoms with van der Waals surface area (Å²) in [6.07, 6.45) is 1.83. The van der Waals surface area contributed by atoms with Crippen molar-refractivity contribution in [3.8, 4) is 67.7 Å². The first-order valence-corrected chi connectivity index (χ1v) is 18.0. The summed E-state index contributed by atoms with van der Waals surface area (Å²) in [6, 6.07) is 62.9. The lowest BCUT2D eigenvalue weighted by Gasteiger charge is -2.13. The van der Waals surface area contributed by atoms with Crippen molar-refractivity contribution >= 4 is 32.6 Å². The Balaban J connectivity index is 1.04. The van der Waals surface area contributed by atoms with Gasteiger partial charge in [-0.05, 0) is 51.2 Å². The molecule has 0 aliphatic carbocycles. The zero-order chi connectivity index (χ0) is 35.8. The molecule has 0 spiro atoms. The van der Waals surface area contributed by atoms with E-state index in [9.17, 15) is 0 Å². The smallest absolute Gasteiger partial charge is 0.164 e. The van der Waals surface area contributed by atoms with Crippen LogP contribution in [0, 0.1) is 0 Å². The van der Waals surface area contributed by atoms with Gasteiger partial charge in [0.2, 0.25) is 0 Å². The van der Waals surface area contributed by atoms with Gasteiger partial charge in [-0.15, -0.1) is 0 Å². The van der Waals surface area contributed by atoms with Gasteiger partial charge in [0.1, 0.15) is 0 Å². The maximum Gasteiger partial charge on any atom is 0.164 e. The quantitative estimate of drug-likeness (QED) is 0.163. The topological polar surface area (TPSA) is 64.5 Å². The molecule has 0 saturated carbocycles. The molecule has 5 nitrogen and oxygen atoms in total. The van der Waals surface area contributed by atoms with Crippen molar-refractivity contribution in [1.29, 1.82) is 0 Å². The highest BCUT2D eigenvalue weighted by Crippen LogP contribution is 2.37. The van der Waals surface area contributed by atoms with Crippen LogP contribution in [0.15, 0.2) is 188 Å². The molecule has 0 radical (unpaired) electrons. The van der Waals surface area contributed by atoms with Crippen LogP contribution in [-0.2, 0) is 0 Å². The molecule has 0 aliphatic heterocycles. The molecular weight excluding hydrogens is 659 g/mol. The predicted octanol–water partition coefficient (Wildman–Crippen LogP) is 12.1. The zero-order valence-electron chi connectivity index (χ0n) is 29.1. The van der Waals surface area contributed by atoms with E-state index in [1.165, 1.54) is 5.56 Å². The first kappa shape index (κ1) is 31.4. The number of nitrogens with zero attached hydrogens (tertiary/aromatic N) is 5. The van der Waals surface area contributed by atoms with Crippen molar-refractivity contribution < 1.29 is 0 Å². The second-order valence-corrected chi connectivity index (χ2v) is 13.3. The Bertz CT molecular complexity index is 2960. The predicted molar refractivity (Wildman–Crippen MR) is 221 cm³/mol. The third-order valence-electron chi connectivity index (χ3n) is 10.0. The summed E-state index contributed by atoms with van der Waals surface area (Å²) in [4.78, 5) is 24.9. The van der Waals surface area contributed by atoms with Gasteiger partial charge < -0.3 is 0 Å². The Labute approximate surface area is 312 Å². The van der Waals surface area contributed by atoms with Crippen LogP contribution in [0.4, 0.5) is 0 Å². The van der Waals surface area contributed by atoms with Crippen LogP contribution in [0.1, 0.15) is 0 Å². The van der Waals surface area contributed by atoms with E-state index in [0.717, 1.165) is 77.2 Å². The molecule has 10 aromatic rings. The van der Waals surface area contributed by atoms with Gasteiger partial charge in [-0.2, -0.15) is 0 Å². The third kappa shape index (κ3) is 5.74. The Morgan fingerprint density at radius 3 is 1.50 bits per heavy atom. The molecule has 3 heterocycles. The van der Waals surface area contributed by atoms with E-state index in [1.807, 2.05) is 48.7 Å². The molecule has 0 unspecified atom stereocenters. The third-order valence-corrected chi connectivity index (χ3v) is 10.0. The molecule has 54 heavy (non-hydrogen) atoms. The van der Waals surface area contributed by atoms with Gasteiger partial charge in [-0.1, -0.05) is 164 Å². The lowest BCUT2D eigenvalue weighted by Crippen LogP contribution is -2.00. The molecule has 0 bridgehead atoms. The van der Waals surface area contributed by atoms with Gasteiger partial charge in [0.15, 0.2) is 17.5 Å². The zero-order valence-corrected chi connectivity index (χ0v) is 29.1. The summed E-state index contributed by atoms with van der Waals surface area (Å²) >= 11 is 0. The fraction of sp³-hybridized carbons (Fsp3) is 0. The Kier molecular flexibility index (Phi) is 7.73. The van der Waals surface area contributed by atoms with Crippen molar-refractivity contribution in [2.24, 2.45) is 0 Å². The lowest BCUT2D eigenvalue weighted by atomic mass is 9.94. The molecule has 0 saturated heterocycles.